The maximum atomic E-state index is 13.6. The zero-order valence-electron chi connectivity index (χ0n) is 18.9. The number of rotatable bonds is 10. The highest BCUT2D eigenvalue weighted by atomic mass is 35.5. The maximum absolute atomic E-state index is 13.6. The molecule has 0 radical (unpaired) electrons. The standard InChI is InChI=1S/C23H27ClF2N4O2Si/c1-33(2,3)11-10-32-15-30-21(14-20(29-30)17-6-8-27-9-7-17)28-22(31)5-4-16-12-18(25)23(24)19(26)13-16/h6-9,12-14H,4-5,10-11,15H2,1-3H3,(H,28,31). The number of aromatic nitrogens is 3. The van der Waals surface area contributed by atoms with Gasteiger partial charge in [-0.05, 0) is 42.3 Å². The van der Waals surface area contributed by atoms with E-state index in [2.05, 4.69) is 35.0 Å². The first kappa shape index (κ1) is 25.0. The van der Waals surface area contributed by atoms with Crippen LogP contribution < -0.4 is 5.32 Å². The minimum Gasteiger partial charge on any atom is -0.359 e. The molecule has 10 heteroatoms. The highest BCUT2D eigenvalue weighted by Crippen LogP contribution is 2.23. The molecular formula is C23H27ClF2N4O2Si. The molecule has 0 bridgehead atoms. The molecule has 2 aromatic heterocycles. The molecule has 0 spiro atoms. The van der Waals surface area contributed by atoms with E-state index in [9.17, 15) is 13.6 Å². The Balaban J connectivity index is 1.68. The largest absolute Gasteiger partial charge is 0.359 e. The molecule has 1 amide bonds. The van der Waals surface area contributed by atoms with Gasteiger partial charge in [-0.2, -0.15) is 5.10 Å². The summed E-state index contributed by atoms with van der Waals surface area (Å²) in [5.74, 6) is -1.52. The fraction of sp³-hybridized carbons (Fsp3) is 0.348. The number of nitrogens with one attached hydrogen (secondary N) is 1. The lowest BCUT2D eigenvalue weighted by molar-refractivity contribution is -0.116. The quantitative estimate of drug-likeness (QED) is 0.222. The molecule has 33 heavy (non-hydrogen) atoms. The third kappa shape index (κ3) is 7.45. The van der Waals surface area contributed by atoms with Gasteiger partial charge in [-0.3, -0.25) is 9.78 Å². The normalized spacial score (nSPS) is 11.6. The monoisotopic (exact) mass is 492 g/mol. The number of hydrogen-bond acceptors (Lipinski definition) is 4. The number of nitrogens with zero attached hydrogens (tertiary/aromatic N) is 3. The predicted molar refractivity (Wildman–Crippen MR) is 128 cm³/mol. The summed E-state index contributed by atoms with van der Waals surface area (Å²) >= 11 is 5.51. The van der Waals surface area contributed by atoms with Crippen LogP contribution in [-0.2, 0) is 22.7 Å². The van der Waals surface area contributed by atoms with Gasteiger partial charge in [-0.1, -0.05) is 31.2 Å². The maximum Gasteiger partial charge on any atom is 0.225 e. The number of hydrogen-bond donors (Lipinski definition) is 1. The second-order valence-electron chi connectivity index (χ2n) is 8.92. The highest BCUT2D eigenvalue weighted by molar-refractivity contribution is 6.76. The topological polar surface area (TPSA) is 69.0 Å². The smallest absolute Gasteiger partial charge is 0.225 e. The molecule has 0 saturated heterocycles. The van der Waals surface area contributed by atoms with Crippen LogP contribution in [0.1, 0.15) is 12.0 Å². The number of ether oxygens (including phenoxy) is 1. The molecule has 176 valence electrons. The molecule has 3 aromatic rings. The molecule has 1 N–H and O–H groups in total. The van der Waals surface area contributed by atoms with E-state index in [0.29, 0.717) is 23.7 Å². The van der Waals surface area contributed by atoms with E-state index in [0.717, 1.165) is 23.7 Å². The van der Waals surface area contributed by atoms with E-state index in [1.54, 1.807) is 23.1 Å². The molecule has 0 saturated carbocycles. The number of carbonyl (C=O) groups excluding carboxylic acids is 1. The van der Waals surface area contributed by atoms with Gasteiger partial charge in [0.05, 0.1) is 5.69 Å². The second kappa shape index (κ2) is 11.0. The zero-order valence-corrected chi connectivity index (χ0v) is 20.6. The van der Waals surface area contributed by atoms with Crippen LogP contribution in [0.25, 0.3) is 11.3 Å². The van der Waals surface area contributed by atoms with Gasteiger partial charge >= 0.3 is 0 Å². The summed E-state index contributed by atoms with van der Waals surface area (Å²) in [4.78, 5) is 16.6. The van der Waals surface area contributed by atoms with Gasteiger partial charge < -0.3 is 10.1 Å². The van der Waals surface area contributed by atoms with Gasteiger partial charge in [0.1, 0.15) is 29.2 Å². The summed E-state index contributed by atoms with van der Waals surface area (Å²) in [5.41, 5.74) is 1.88. The molecule has 0 aliphatic rings. The first-order valence-corrected chi connectivity index (χ1v) is 14.7. The van der Waals surface area contributed by atoms with E-state index in [1.807, 2.05) is 12.1 Å². The van der Waals surface area contributed by atoms with Gasteiger partial charge in [0.25, 0.3) is 0 Å². The predicted octanol–water partition coefficient (Wildman–Crippen LogP) is 5.76. The van der Waals surface area contributed by atoms with Crippen LogP contribution in [0.3, 0.4) is 0 Å². The van der Waals surface area contributed by atoms with Gasteiger partial charge in [0, 0.05) is 45.1 Å². The number of pyridine rings is 1. The summed E-state index contributed by atoms with van der Waals surface area (Å²) in [6, 6.07) is 8.70. The molecule has 0 aliphatic carbocycles. The first-order chi connectivity index (χ1) is 15.6. The van der Waals surface area contributed by atoms with Crippen molar-refractivity contribution in [1.29, 1.82) is 0 Å². The van der Waals surface area contributed by atoms with Crippen molar-refractivity contribution < 1.29 is 18.3 Å². The molecular weight excluding hydrogens is 466 g/mol. The van der Waals surface area contributed by atoms with Gasteiger partial charge in [0.2, 0.25) is 5.91 Å². The van der Waals surface area contributed by atoms with Crippen LogP contribution in [0.15, 0.2) is 42.7 Å². The number of halogens is 3. The minimum atomic E-state index is -1.23. The molecule has 6 nitrogen and oxygen atoms in total. The average molecular weight is 493 g/mol. The molecule has 0 unspecified atom stereocenters. The van der Waals surface area contributed by atoms with Crippen molar-refractivity contribution in [3.8, 4) is 11.3 Å². The summed E-state index contributed by atoms with van der Waals surface area (Å²) < 4.78 is 34.7. The summed E-state index contributed by atoms with van der Waals surface area (Å²) in [6.07, 6.45) is 3.53. The van der Waals surface area contributed by atoms with Gasteiger partial charge in [-0.15, -0.1) is 0 Å². The van der Waals surface area contributed by atoms with Gasteiger partial charge in [-0.25, -0.2) is 13.5 Å². The molecule has 0 aliphatic heterocycles. The van der Waals surface area contributed by atoms with E-state index < -0.39 is 24.7 Å². The van der Waals surface area contributed by atoms with Crippen molar-refractivity contribution in [2.24, 2.45) is 0 Å². The van der Waals surface area contributed by atoms with Crippen molar-refractivity contribution >= 4 is 31.4 Å². The minimum absolute atomic E-state index is 0.0345. The fourth-order valence-electron chi connectivity index (χ4n) is 3.02. The first-order valence-electron chi connectivity index (χ1n) is 10.6. The SMILES string of the molecule is C[Si](C)(C)CCOCn1nc(-c2ccncc2)cc1NC(=O)CCc1cc(F)c(Cl)c(F)c1. The van der Waals surface area contributed by atoms with E-state index in [-0.39, 0.29) is 25.5 Å². The Morgan fingerprint density at radius 2 is 1.82 bits per heavy atom. The number of benzene rings is 1. The lowest BCUT2D eigenvalue weighted by Crippen LogP contribution is -2.22. The number of anilines is 1. The van der Waals surface area contributed by atoms with Crippen LogP contribution in [-0.4, -0.2) is 35.4 Å². The van der Waals surface area contributed by atoms with Crippen LogP contribution in [0.2, 0.25) is 30.7 Å². The Morgan fingerprint density at radius 1 is 1.15 bits per heavy atom. The van der Waals surface area contributed by atoms with Crippen LogP contribution >= 0.6 is 11.6 Å². The third-order valence-electron chi connectivity index (χ3n) is 4.92. The molecule has 1 aromatic carbocycles. The van der Waals surface area contributed by atoms with Crippen molar-refractivity contribution in [3.63, 3.8) is 0 Å². The summed E-state index contributed by atoms with van der Waals surface area (Å²) in [6.45, 7) is 7.63. The number of amides is 1. The van der Waals surface area contributed by atoms with Crippen molar-refractivity contribution in [2.45, 2.75) is 45.3 Å². The molecule has 0 fully saturated rings. The van der Waals surface area contributed by atoms with E-state index in [1.165, 1.54) is 0 Å². The fourth-order valence-corrected chi connectivity index (χ4v) is 3.89. The Labute approximate surface area is 197 Å². The molecule has 3 rings (SSSR count). The lowest BCUT2D eigenvalue weighted by Gasteiger charge is -2.16. The summed E-state index contributed by atoms with van der Waals surface area (Å²) in [5, 5.41) is 6.84. The Bertz CT molecular complexity index is 1080. The lowest BCUT2D eigenvalue weighted by atomic mass is 10.1. The highest BCUT2D eigenvalue weighted by Gasteiger charge is 2.16. The van der Waals surface area contributed by atoms with Crippen molar-refractivity contribution in [2.75, 3.05) is 11.9 Å². The molecule has 0 atom stereocenters. The van der Waals surface area contributed by atoms with Crippen LogP contribution in [0.4, 0.5) is 14.6 Å². The zero-order chi connectivity index (χ0) is 24.0. The summed E-state index contributed by atoms with van der Waals surface area (Å²) in [7, 11) is -1.23. The Kier molecular flexibility index (Phi) is 8.33. The number of carbonyl (C=O) groups is 1. The second-order valence-corrected chi connectivity index (χ2v) is 14.9. The van der Waals surface area contributed by atoms with Crippen molar-refractivity contribution in [1.82, 2.24) is 14.8 Å². The Morgan fingerprint density at radius 3 is 2.45 bits per heavy atom. The van der Waals surface area contributed by atoms with Crippen LogP contribution in [0.5, 0.6) is 0 Å². The average Bonchev–Trinajstić information content (AvgIpc) is 3.16. The van der Waals surface area contributed by atoms with Gasteiger partial charge in [0.15, 0.2) is 0 Å². The third-order valence-corrected chi connectivity index (χ3v) is 6.98. The Hall–Kier alpha value is -2.62. The van der Waals surface area contributed by atoms with Crippen LogP contribution in [0, 0.1) is 11.6 Å². The molecule has 2 heterocycles. The van der Waals surface area contributed by atoms with E-state index in [4.69, 9.17) is 16.3 Å². The van der Waals surface area contributed by atoms with E-state index >= 15 is 0 Å². The number of aryl methyl sites for hydroxylation is 1. The van der Waals surface area contributed by atoms with Crippen molar-refractivity contribution in [3.05, 3.63) is 64.9 Å².